The second kappa shape index (κ2) is 3.91. The summed E-state index contributed by atoms with van der Waals surface area (Å²) in [5.74, 6) is -1.17. The molecule has 0 aromatic carbocycles. The van der Waals surface area contributed by atoms with Crippen LogP contribution in [0.3, 0.4) is 0 Å². The number of hydrogen-bond donors (Lipinski definition) is 2. The van der Waals surface area contributed by atoms with E-state index in [9.17, 15) is 14.9 Å². The normalized spacial score (nSPS) is 9.73. The van der Waals surface area contributed by atoms with Crippen LogP contribution in [0.5, 0.6) is 0 Å². The fraction of sp³-hybridized carbons (Fsp3) is 0.250. The number of carbonyl (C=O) groups is 1. The molecule has 0 saturated carbocycles. The maximum atomic E-state index is 10.7. The first-order chi connectivity index (χ1) is 6.97. The van der Waals surface area contributed by atoms with Gasteiger partial charge >= 0.3 is 11.7 Å². The first-order valence-corrected chi connectivity index (χ1v) is 4.04. The van der Waals surface area contributed by atoms with Gasteiger partial charge in [-0.25, -0.2) is 9.78 Å². The Morgan fingerprint density at radius 3 is 2.67 bits per heavy atom. The summed E-state index contributed by atoms with van der Waals surface area (Å²) in [6.45, 7) is 1.48. The summed E-state index contributed by atoms with van der Waals surface area (Å²) >= 11 is 0. The standard InChI is InChI=1S/C8H9N3O4/c1-4-5(8(12)13)3-6(11(14)15)7(9-2)10-4/h3H,1-2H3,(H,9,10)(H,12,13). The van der Waals surface area contributed by atoms with E-state index >= 15 is 0 Å². The number of nitro groups is 1. The van der Waals surface area contributed by atoms with Gasteiger partial charge < -0.3 is 10.4 Å². The average Bonchev–Trinajstić information content (AvgIpc) is 2.16. The summed E-state index contributed by atoms with van der Waals surface area (Å²) in [5, 5.41) is 21.9. The van der Waals surface area contributed by atoms with Crippen molar-refractivity contribution in [3.8, 4) is 0 Å². The molecule has 80 valence electrons. The zero-order valence-electron chi connectivity index (χ0n) is 8.14. The molecule has 0 amide bonds. The quantitative estimate of drug-likeness (QED) is 0.571. The largest absolute Gasteiger partial charge is 0.478 e. The predicted molar refractivity (Wildman–Crippen MR) is 52.1 cm³/mol. The van der Waals surface area contributed by atoms with Crippen molar-refractivity contribution in [2.45, 2.75) is 6.92 Å². The SMILES string of the molecule is CNc1nc(C)c(C(=O)O)cc1[N+](=O)[O-]. The van der Waals surface area contributed by atoms with Crippen molar-refractivity contribution in [3.05, 3.63) is 27.4 Å². The minimum Gasteiger partial charge on any atom is -0.478 e. The van der Waals surface area contributed by atoms with Crippen molar-refractivity contribution in [2.75, 3.05) is 12.4 Å². The summed E-state index contributed by atoms with van der Waals surface area (Å²) in [6.07, 6.45) is 0. The summed E-state index contributed by atoms with van der Waals surface area (Å²) in [6, 6.07) is 0.997. The molecule has 1 heterocycles. The molecular weight excluding hydrogens is 202 g/mol. The number of aryl methyl sites for hydroxylation is 1. The number of carboxylic acids is 1. The lowest BCUT2D eigenvalue weighted by Crippen LogP contribution is -2.07. The number of hydrogen-bond acceptors (Lipinski definition) is 5. The lowest BCUT2D eigenvalue weighted by molar-refractivity contribution is -0.384. The van der Waals surface area contributed by atoms with E-state index in [1.54, 1.807) is 0 Å². The van der Waals surface area contributed by atoms with E-state index in [4.69, 9.17) is 5.11 Å². The van der Waals surface area contributed by atoms with E-state index in [1.807, 2.05) is 0 Å². The van der Waals surface area contributed by atoms with Crippen LogP contribution in [0.4, 0.5) is 11.5 Å². The minimum absolute atomic E-state index is 0.0579. The number of nitrogens with one attached hydrogen (secondary N) is 1. The van der Waals surface area contributed by atoms with Crippen molar-refractivity contribution in [3.63, 3.8) is 0 Å². The molecule has 0 aliphatic rings. The molecule has 7 heteroatoms. The van der Waals surface area contributed by atoms with Gasteiger partial charge in [-0.3, -0.25) is 10.1 Å². The maximum Gasteiger partial charge on any atom is 0.337 e. The van der Waals surface area contributed by atoms with Crippen molar-refractivity contribution >= 4 is 17.5 Å². The maximum absolute atomic E-state index is 10.7. The highest BCUT2D eigenvalue weighted by molar-refractivity contribution is 5.90. The Hall–Kier alpha value is -2.18. The average molecular weight is 211 g/mol. The Bertz CT molecular complexity index is 430. The Morgan fingerprint density at radius 1 is 1.67 bits per heavy atom. The lowest BCUT2D eigenvalue weighted by atomic mass is 10.2. The molecular formula is C8H9N3O4. The molecule has 1 rings (SSSR count). The number of pyridine rings is 1. The van der Waals surface area contributed by atoms with Gasteiger partial charge in [0.25, 0.3) is 0 Å². The van der Waals surface area contributed by atoms with Crippen molar-refractivity contribution in [1.29, 1.82) is 0 Å². The van der Waals surface area contributed by atoms with Crippen molar-refractivity contribution in [1.82, 2.24) is 4.98 Å². The molecule has 0 aliphatic carbocycles. The first-order valence-electron chi connectivity index (χ1n) is 4.04. The molecule has 0 spiro atoms. The molecule has 7 nitrogen and oxygen atoms in total. The van der Waals surface area contributed by atoms with Gasteiger partial charge in [-0.15, -0.1) is 0 Å². The molecule has 0 aliphatic heterocycles. The van der Waals surface area contributed by atoms with Crippen LogP contribution in [0.15, 0.2) is 6.07 Å². The van der Waals surface area contributed by atoms with E-state index in [0.29, 0.717) is 0 Å². The Balaban J connectivity index is 3.43. The van der Waals surface area contributed by atoms with Crippen LogP contribution in [0.1, 0.15) is 16.1 Å². The fourth-order valence-electron chi connectivity index (χ4n) is 1.13. The third-order valence-electron chi connectivity index (χ3n) is 1.86. The highest BCUT2D eigenvalue weighted by Gasteiger charge is 2.20. The molecule has 0 bridgehead atoms. The first kappa shape index (κ1) is 10.9. The van der Waals surface area contributed by atoms with Crippen LogP contribution >= 0.6 is 0 Å². The summed E-state index contributed by atoms with van der Waals surface area (Å²) in [5.41, 5.74) is -0.279. The summed E-state index contributed by atoms with van der Waals surface area (Å²) in [4.78, 5) is 24.4. The highest BCUT2D eigenvalue weighted by Crippen LogP contribution is 2.24. The molecule has 0 radical (unpaired) electrons. The van der Waals surface area contributed by atoms with E-state index in [0.717, 1.165) is 6.07 Å². The Morgan fingerprint density at radius 2 is 2.27 bits per heavy atom. The zero-order valence-corrected chi connectivity index (χ0v) is 8.14. The third-order valence-corrected chi connectivity index (χ3v) is 1.86. The monoisotopic (exact) mass is 211 g/mol. The van der Waals surface area contributed by atoms with Gasteiger partial charge in [-0.2, -0.15) is 0 Å². The number of carboxylic acid groups (broad SMARTS) is 1. The molecule has 0 saturated heterocycles. The fourth-order valence-corrected chi connectivity index (χ4v) is 1.13. The van der Waals surface area contributed by atoms with E-state index in [-0.39, 0.29) is 22.8 Å². The smallest absolute Gasteiger partial charge is 0.337 e. The summed E-state index contributed by atoms with van der Waals surface area (Å²) in [7, 11) is 1.48. The highest BCUT2D eigenvalue weighted by atomic mass is 16.6. The molecule has 0 unspecified atom stereocenters. The van der Waals surface area contributed by atoms with Gasteiger partial charge in [-0.1, -0.05) is 0 Å². The molecule has 15 heavy (non-hydrogen) atoms. The molecule has 2 N–H and O–H groups in total. The Kier molecular flexibility index (Phi) is 2.84. The number of aromatic carboxylic acids is 1. The van der Waals surface area contributed by atoms with Crippen LogP contribution in [0.2, 0.25) is 0 Å². The van der Waals surface area contributed by atoms with Crippen LogP contribution in [-0.4, -0.2) is 28.0 Å². The second-order valence-corrected chi connectivity index (χ2v) is 2.80. The van der Waals surface area contributed by atoms with E-state index in [2.05, 4.69) is 10.3 Å². The molecule has 1 aromatic heterocycles. The number of aromatic nitrogens is 1. The number of rotatable bonds is 3. The molecule has 0 fully saturated rings. The van der Waals surface area contributed by atoms with E-state index < -0.39 is 10.9 Å². The van der Waals surface area contributed by atoms with Gasteiger partial charge in [-0.05, 0) is 6.92 Å². The number of nitrogens with zero attached hydrogens (tertiary/aromatic N) is 2. The summed E-state index contributed by atoms with van der Waals surface area (Å²) < 4.78 is 0. The van der Waals surface area contributed by atoms with Crippen LogP contribution in [0.25, 0.3) is 0 Å². The van der Waals surface area contributed by atoms with Gasteiger partial charge in [0.15, 0.2) is 0 Å². The van der Waals surface area contributed by atoms with Crippen LogP contribution < -0.4 is 5.32 Å². The van der Waals surface area contributed by atoms with Crippen molar-refractivity contribution in [2.24, 2.45) is 0 Å². The second-order valence-electron chi connectivity index (χ2n) is 2.80. The predicted octanol–water partition coefficient (Wildman–Crippen LogP) is 1.04. The number of anilines is 1. The molecule has 0 atom stereocenters. The van der Waals surface area contributed by atoms with Gasteiger partial charge in [0.1, 0.15) is 0 Å². The van der Waals surface area contributed by atoms with Gasteiger partial charge in [0.2, 0.25) is 5.82 Å². The lowest BCUT2D eigenvalue weighted by Gasteiger charge is -2.04. The third kappa shape index (κ3) is 2.01. The van der Waals surface area contributed by atoms with Crippen LogP contribution in [-0.2, 0) is 0 Å². The van der Waals surface area contributed by atoms with Crippen molar-refractivity contribution < 1.29 is 14.8 Å². The topological polar surface area (TPSA) is 105 Å². The van der Waals surface area contributed by atoms with Crippen LogP contribution in [0, 0.1) is 17.0 Å². The van der Waals surface area contributed by atoms with E-state index in [1.165, 1.54) is 14.0 Å². The minimum atomic E-state index is -1.23. The van der Waals surface area contributed by atoms with Gasteiger partial charge in [0.05, 0.1) is 16.2 Å². The molecule has 1 aromatic rings. The van der Waals surface area contributed by atoms with Gasteiger partial charge in [0, 0.05) is 13.1 Å². The Labute approximate surface area is 84.9 Å². The zero-order chi connectivity index (χ0) is 11.6.